The summed E-state index contributed by atoms with van der Waals surface area (Å²) in [6.45, 7) is 3.61. The highest BCUT2D eigenvalue weighted by Gasteiger charge is 2.16. The van der Waals surface area contributed by atoms with E-state index < -0.39 is 15.8 Å². The van der Waals surface area contributed by atoms with Crippen LogP contribution in [-0.4, -0.2) is 23.4 Å². The number of hydrogen-bond donors (Lipinski definition) is 2. The molecule has 0 unspecified atom stereocenters. The zero-order chi connectivity index (χ0) is 18.2. The first-order valence-electron chi connectivity index (χ1n) is 7.11. The van der Waals surface area contributed by atoms with E-state index in [4.69, 9.17) is 5.14 Å². The van der Waals surface area contributed by atoms with Crippen LogP contribution >= 0.6 is 11.3 Å². The summed E-state index contributed by atoms with van der Waals surface area (Å²) in [7, 11) is -3.83. The zero-order valence-corrected chi connectivity index (χ0v) is 14.9. The third kappa shape index (κ3) is 3.81. The zero-order valence-electron chi connectivity index (χ0n) is 13.3. The molecule has 0 saturated carbocycles. The number of aromatic nitrogens is 3. The minimum Gasteiger partial charge on any atom is -0.324 e. The van der Waals surface area contributed by atoms with E-state index in [1.807, 2.05) is 6.92 Å². The van der Waals surface area contributed by atoms with Crippen molar-refractivity contribution in [3.63, 3.8) is 0 Å². The lowest BCUT2D eigenvalue weighted by Gasteiger charge is -2.08. The monoisotopic (exact) mass is 379 g/mol. The average Bonchev–Trinajstić information content (AvgIpc) is 2.87. The van der Waals surface area contributed by atoms with Gasteiger partial charge in [0.05, 0.1) is 26.7 Å². The van der Waals surface area contributed by atoms with Crippen LogP contribution in [0.3, 0.4) is 0 Å². The topological polar surface area (TPSA) is 111 Å². The Labute approximate surface area is 147 Å². The van der Waals surface area contributed by atoms with Crippen LogP contribution in [0.1, 0.15) is 10.7 Å². The number of sulfonamides is 1. The predicted molar refractivity (Wildman–Crippen MR) is 93.7 cm³/mol. The van der Waals surface area contributed by atoms with Crippen LogP contribution in [0.2, 0.25) is 0 Å². The molecule has 0 saturated heterocycles. The maximum Gasteiger partial charge on any atom is 0.238 e. The number of thiazole rings is 1. The van der Waals surface area contributed by atoms with Gasteiger partial charge in [-0.25, -0.2) is 32.9 Å². The lowest BCUT2D eigenvalue weighted by molar-refractivity contribution is 0.598. The first kappa shape index (κ1) is 17.4. The Bertz CT molecular complexity index is 1050. The standard InChI is InChI=1S/C15H14FN5O2S2/c1-8-14(24-9(2)19-8)13-12(16)7-18-15(21-13)20-10-4-3-5-11(6-10)25(17,22)23/h3-7H,1-2H3,(H2,17,22,23)(H,18,20,21). The quantitative estimate of drug-likeness (QED) is 0.721. The van der Waals surface area contributed by atoms with Crippen molar-refractivity contribution in [3.8, 4) is 10.6 Å². The Hall–Kier alpha value is -2.43. The molecule has 1 aromatic carbocycles. The molecule has 3 rings (SSSR count). The van der Waals surface area contributed by atoms with Gasteiger partial charge in [-0.1, -0.05) is 6.07 Å². The van der Waals surface area contributed by atoms with Gasteiger partial charge < -0.3 is 5.32 Å². The molecule has 130 valence electrons. The lowest BCUT2D eigenvalue weighted by atomic mass is 10.3. The van der Waals surface area contributed by atoms with Crippen LogP contribution in [0.25, 0.3) is 10.6 Å². The number of nitrogens with two attached hydrogens (primary N) is 1. The normalized spacial score (nSPS) is 11.5. The van der Waals surface area contributed by atoms with Crippen molar-refractivity contribution < 1.29 is 12.8 Å². The third-order valence-electron chi connectivity index (χ3n) is 3.28. The van der Waals surface area contributed by atoms with Gasteiger partial charge in [0, 0.05) is 5.69 Å². The van der Waals surface area contributed by atoms with Gasteiger partial charge in [0.2, 0.25) is 16.0 Å². The lowest BCUT2D eigenvalue weighted by Crippen LogP contribution is -2.12. The molecule has 0 amide bonds. The van der Waals surface area contributed by atoms with Crippen molar-refractivity contribution >= 4 is 33.0 Å². The van der Waals surface area contributed by atoms with Gasteiger partial charge in [-0.05, 0) is 32.0 Å². The molecule has 7 nitrogen and oxygen atoms in total. The smallest absolute Gasteiger partial charge is 0.238 e. The summed E-state index contributed by atoms with van der Waals surface area (Å²) in [4.78, 5) is 12.9. The van der Waals surface area contributed by atoms with Gasteiger partial charge in [0.1, 0.15) is 5.69 Å². The second-order valence-corrected chi connectivity index (χ2v) is 8.00. The van der Waals surface area contributed by atoms with E-state index in [1.54, 1.807) is 13.0 Å². The summed E-state index contributed by atoms with van der Waals surface area (Å²) >= 11 is 1.34. The SMILES string of the molecule is Cc1nc(C)c(-c2nc(Nc3cccc(S(N)(=O)=O)c3)ncc2F)s1. The maximum atomic E-state index is 14.1. The van der Waals surface area contributed by atoms with E-state index in [2.05, 4.69) is 20.3 Å². The number of primary sulfonamides is 1. The molecular formula is C15H14FN5O2S2. The number of aryl methyl sites for hydroxylation is 2. The highest BCUT2D eigenvalue weighted by molar-refractivity contribution is 7.89. The van der Waals surface area contributed by atoms with Crippen molar-refractivity contribution in [3.05, 3.63) is 47.0 Å². The molecule has 25 heavy (non-hydrogen) atoms. The molecule has 2 aromatic heterocycles. The fourth-order valence-corrected chi connectivity index (χ4v) is 3.69. The van der Waals surface area contributed by atoms with Crippen molar-refractivity contribution in [2.75, 3.05) is 5.32 Å². The number of nitrogens with zero attached hydrogens (tertiary/aromatic N) is 3. The highest BCUT2D eigenvalue weighted by Crippen LogP contribution is 2.30. The Kier molecular flexibility index (Phi) is 4.50. The molecule has 0 bridgehead atoms. The van der Waals surface area contributed by atoms with Crippen LogP contribution in [-0.2, 0) is 10.0 Å². The number of halogens is 1. The number of rotatable bonds is 4. The number of hydrogen-bond acceptors (Lipinski definition) is 7. The van der Waals surface area contributed by atoms with Gasteiger partial charge in [-0.3, -0.25) is 0 Å². The number of anilines is 2. The van der Waals surface area contributed by atoms with E-state index in [9.17, 15) is 12.8 Å². The van der Waals surface area contributed by atoms with Crippen molar-refractivity contribution in [1.29, 1.82) is 0 Å². The van der Waals surface area contributed by atoms with Crippen LogP contribution in [0.15, 0.2) is 35.4 Å². The maximum absolute atomic E-state index is 14.1. The van der Waals surface area contributed by atoms with Gasteiger partial charge in [0.15, 0.2) is 5.82 Å². The van der Waals surface area contributed by atoms with Crippen LogP contribution in [0.4, 0.5) is 16.0 Å². The van der Waals surface area contributed by atoms with E-state index in [-0.39, 0.29) is 16.5 Å². The summed E-state index contributed by atoms with van der Waals surface area (Å²) in [5, 5.41) is 8.78. The van der Waals surface area contributed by atoms with E-state index >= 15 is 0 Å². The highest BCUT2D eigenvalue weighted by atomic mass is 32.2. The Morgan fingerprint density at radius 3 is 2.64 bits per heavy atom. The van der Waals surface area contributed by atoms with E-state index in [0.717, 1.165) is 11.2 Å². The van der Waals surface area contributed by atoms with Gasteiger partial charge >= 0.3 is 0 Å². The molecule has 0 fully saturated rings. The van der Waals surface area contributed by atoms with Crippen molar-refractivity contribution in [1.82, 2.24) is 15.0 Å². The van der Waals surface area contributed by atoms with Crippen molar-refractivity contribution in [2.45, 2.75) is 18.7 Å². The van der Waals surface area contributed by atoms with Crippen molar-refractivity contribution in [2.24, 2.45) is 5.14 Å². The molecule has 3 aromatic rings. The summed E-state index contributed by atoms with van der Waals surface area (Å²) in [5.74, 6) is -0.427. The molecule has 10 heteroatoms. The fraction of sp³-hybridized carbons (Fsp3) is 0.133. The number of nitrogens with one attached hydrogen (secondary N) is 1. The summed E-state index contributed by atoms with van der Waals surface area (Å²) in [6.07, 6.45) is 1.06. The van der Waals surface area contributed by atoms with E-state index in [0.29, 0.717) is 16.3 Å². The third-order valence-corrected chi connectivity index (χ3v) is 5.27. The average molecular weight is 379 g/mol. The molecular weight excluding hydrogens is 365 g/mol. The minimum absolute atomic E-state index is 0.0474. The Balaban J connectivity index is 1.97. The molecule has 0 atom stereocenters. The van der Waals surface area contributed by atoms with Gasteiger partial charge in [0.25, 0.3) is 0 Å². The molecule has 3 N–H and O–H groups in total. The van der Waals surface area contributed by atoms with Crippen LogP contribution < -0.4 is 10.5 Å². The Morgan fingerprint density at radius 2 is 2.00 bits per heavy atom. The summed E-state index contributed by atoms with van der Waals surface area (Å²) in [6, 6.07) is 5.89. The fourth-order valence-electron chi connectivity index (χ4n) is 2.22. The second kappa shape index (κ2) is 6.47. The van der Waals surface area contributed by atoms with Gasteiger partial charge in [-0.2, -0.15) is 0 Å². The predicted octanol–water partition coefficient (Wildman–Crippen LogP) is 2.75. The molecule has 0 aliphatic carbocycles. The first-order valence-corrected chi connectivity index (χ1v) is 9.47. The van der Waals surface area contributed by atoms with Gasteiger partial charge in [-0.15, -0.1) is 11.3 Å². The largest absolute Gasteiger partial charge is 0.324 e. The molecule has 0 spiro atoms. The molecule has 0 aliphatic heterocycles. The van der Waals surface area contributed by atoms with Crippen LogP contribution in [0.5, 0.6) is 0 Å². The summed E-state index contributed by atoms with van der Waals surface area (Å²) < 4.78 is 37.0. The molecule has 0 radical (unpaired) electrons. The molecule has 0 aliphatic rings. The first-order chi connectivity index (χ1) is 11.7. The summed E-state index contributed by atoms with van der Waals surface area (Å²) in [5.41, 5.74) is 1.24. The molecule has 2 heterocycles. The minimum atomic E-state index is -3.83. The van der Waals surface area contributed by atoms with Crippen LogP contribution in [0, 0.1) is 19.7 Å². The number of benzene rings is 1. The van der Waals surface area contributed by atoms with E-state index in [1.165, 1.54) is 29.5 Å². The Morgan fingerprint density at radius 1 is 1.24 bits per heavy atom. The second-order valence-electron chi connectivity index (χ2n) is 5.24.